The van der Waals surface area contributed by atoms with Crippen molar-refractivity contribution in [2.75, 3.05) is 19.6 Å². The van der Waals surface area contributed by atoms with Gasteiger partial charge in [0.05, 0.1) is 23.9 Å². The van der Waals surface area contributed by atoms with Gasteiger partial charge in [0.1, 0.15) is 12.1 Å². The normalized spacial score (nSPS) is 20.8. The van der Waals surface area contributed by atoms with Crippen molar-refractivity contribution in [1.82, 2.24) is 31.5 Å². The fourth-order valence-corrected chi connectivity index (χ4v) is 8.41. The van der Waals surface area contributed by atoms with Gasteiger partial charge in [-0.1, -0.05) is 79.9 Å². The van der Waals surface area contributed by atoms with E-state index in [4.69, 9.17) is 0 Å². The summed E-state index contributed by atoms with van der Waals surface area (Å²) in [6.45, 7) is 12.8. The minimum atomic E-state index is -0.957. The van der Waals surface area contributed by atoms with Crippen LogP contribution in [0.25, 0.3) is 0 Å². The lowest BCUT2D eigenvalue weighted by Gasteiger charge is -2.36. The summed E-state index contributed by atoms with van der Waals surface area (Å²) in [6.07, 6.45) is 5.01. The van der Waals surface area contributed by atoms with Gasteiger partial charge in [-0.3, -0.25) is 29.4 Å². The number of nitrogens with one attached hydrogen (secondary N) is 5. The lowest BCUT2D eigenvalue weighted by Crippen LogP contribution is -2.58. The largest absolute Gasteiger partial charge is 0.390 e. The molecule has 1 unspecified atom stereocenters. The van der Waals surface area contributed by atoms with Crippen molar-refractivity contribution >= 4 is 35.4 Å². The molecule has 0 bridgehead atoms. The lowest BCUT2D eigenvalue weighted by molar-refractivity contribution is -0.129. The minimum absolute atomic E-state index is 0.00596. The van der Waals surface area contributed by atoms with E-state index in [9.17, 15) is 24.3 Å². The number of aliphatic hydroxyl groups excluding tert-OH is 1. The van der Waals surface area contributed by atoms with Crippen molar-refractivity contribution in [3.05, 3.63) is 71.8 Å². The van der Waals surface area contributed by atoms with Crippen LogP contribution in [0.1, 0.15) is 84.8 Å². The molecular weight excluding hydrogens is 677 g/mol. The number of hydrogen-bond acceptors (Lipinski definition) is 8. The Labute approximate surface area is 314 Å². The third-order valence-electron chi connectivity index (χ3n) is 9.74. The highest BCUT2D eigenvalue weighted by molar-refractivity contribution is 8.01. The summed E-state index contributed by atoms with van der Waals surface area (Å²) in [5.74, 6) is -0.590. The SMILES string of the molecule is C[C@@H](C(=O)NC(C)(C)C)N(CC(O)CNC(=O)[C@@H]1N[C@@H]([C@H](NC(=O)Cc2ccccc2)C(=O)NCc2ccccc2)SC1(C)C)CC1CCCCC1. The molecular formula is C40H60N6O5S. The Bertz CT molecular complexity index is 1460. The fourth-order valence-electron chi connectivity index (χ4n) is 6.92. The van der Waals surface area contributed by atoms with Crippen LogP contribution in [-0.4, -0.2) is 93.2 Å². The van der Waals surface area contributed by atoms with Crippen LogP contribution in [0, 0.1) is 5.92 Å². The molecule has 1 saturated heterocycles. The average molecular weight is 737 g/mol. The monoisotopic (exact) mass is 736 g/mol. The molecule has 286 valence electrons. The first-order chi connectivity index (χ1) is 24.6. The molecule has 1 aliphatic carbocycles. The first kappa shape index (κ1) is 41.3. The Morgan fingerprint density at radius 1 is 0.923 bits per heavy atom. The van der Waals surface area contributed by atoms with Crippen LogP contribution < -0.4 is 26.6 Å². The second-order valence-electron chi connectivity index (χ2n) is 15.9. The van der Waals surface area contributed by atoms with Crippen molar-refractivity contribution in [3.63, 3.8) is 0 Å². The Morgan fingerprint density at radius 2 is 1.54 bits per heavy atom. The number of rotatable bonds is 16. The van der Waals surface area contributed by atoms with Gasteiger partial charge in [0, 0.05) is 36.5 Å². The van der Waals surface area contributed by atoms with E-state index in [0.29, 0.717) is 19.0 Å². The van der Waals surface area contributed by atoms with Crippen LogP contribution in [0.2, 0.25) is 0 Å². The quantitative estimate of drug-likeness (QED) is 0.153. The Morgan fingerprint density at radius 3 is 2.15 bits per heavy atom. The van der Waals surface area contributed by atoms with Crippen LogP contribution in [0.3, 0.4) is 0 Å². The molecule has 52 heavy (non-hydrogen) atoms. The van der Waals surface area contributed by atoms with Gasteiger partial charge in [0.2, 0.25) is 23.6 Å². The van der Waals surface area contributed by atoms with Gasteiger partial charge in [-0.15, -0.1) is 11.8 Å². The molecule has 4 amide bonds. The van der Waals surface area contributed by atoms with Crippen molar-refractivity contribution < 1.29 is 24.3 Å². The van der Waals surface area contributed by atoms with Crippen LogP contribution >= 0.6 is 11.8 Å². The Balaban J connectivity index is 1.40. The molecule has 1 aliphatic heterocycles. The number of hydrogen-bond donors (Lipinski definition) is 6. The first-order valence-corrected chi connectivity index (χ1v) is 19.6. The van der Waals surface area contributed by atoms with Crippen LogP contribution in [-0.2, 0) is 32.1 Å². The molecule has 5 atom stereocenters. The van der Waals surface area contributed by atoms with E-state index in [1.54, 1.807) is 0 Å². The maximum absolute atomic E-state index is 13.7. The van der Waals surface area contributed by atoms with Gasteiger partial charge in [0.25, 0.3) is 0 Å². The Kier molecular flexibility index (Phi) is 15.1. The maximum Gasteiger partial charge on any atom is 0.245 e. The van der Waals surface area contributed by atoms with E-state index in [2.05, 4.69) is 26.6 Å². The molecule has 4 rings (SSSR count). The standard InChI is InChI=1S/C40H60N6O5S/c1-27(35(49)45-39(2,3)4)46(25-30-20-14-9-15-21-30)26-31(47)24-42-37(51)34-40(5,6)52-38(44-34)33(36(50)41-23-29-18-12-8-13-19-29)43-32(48)22-28-16-10-7-11-17-28/h7-8,10-13,16-19,27,30-31,33-34,38,44,47H,9,14-15,20-26H2,1-6H3,(H,41,50)(H,42,51)(H,43,48)(H,45,49)/t27-,31?,33+,34-,38+/m0/s1. The predicted molar refractivity (Wildman–Crippen MR) is 207 cm³/mol. The van der Waals surface area contributed by atoms with Gasteiger partial charge in [-0.05, 0) is 71.4 Å². The van der Waals surface area contributed by atoms with Crippen molar-refractivity contribution in [2.24, 2.45) is 5.92 Å². The molecule has 2 aromatic rings. The van der Waals surface area contributed by atoms with Crippen LogP contribution in [0.5, 0.6) is 0 Å². The van der Waals surface area contributed by atoms with E-state index < -0.39 is 34.4 Å². The van der Waals surface area contributed by atoms with Gasteiger partial charge in [-0.2, -0.15) is 0 Å². The minimum Gasteiger partial charge on any atom is -0.390 e. The first-order valence-electron chi connectivity index (χ1n) is 18.7. The van der Waals surface area contributed by atoms with E-state index in [1.165, 1.54) is 31.0 Å². The highest BCUT2D eigenvalue weighted by atomic mass is 32.2. The molecule has 2 aromatic carbocycles. The highest BCUT2D eigenvalue weighted by Gasteiger charge is 2.49. The van der Waals surface area contributed by atoms with E-state index >= 15 is 0 Å². The number of amides is 4. The molecule has 2 aliphatic rings. The zero-order valence-corrected chi connectivity index (χ0v) is 32.6. The Hall–Kier alpha value is -3.45. The molecule has 0 radical (unpaired) electrons. The summed E-state index contributed by atoms with van der Waals surface area (Å²) in [6, 6.07) is 16.8. The summed E-state index contributed by atoms with van der Waals surface area (Å²) in [4.78, 5) is 55.8. The summed E-state index contributed by atoms with van der Waals surface area (Å²) >= 11 is 1.42. The lowest BCUT2D eigenvalue weighted by atomic mass is 9.88. The number of aliphatic hydroxyl groups is 1. The zero-order valence-electron chi connectivity index (χ0n) is 31.7. The molecule has 12 heteroatoms. The number of nitrogens with zero attached hydrogens (tertiary/aromatic N) is 1. The molecule has 1 saturated carbocycles. The van der Waals surface area contributed by atoms with Crippen molar-refractivity contribution in [3.8, 4) is 0 Å². The van der Waals surface area contributed by atoms with Gasteiger partial charge in [0.15, 0.2) is 0 Å². The van der Waals surface area contributed by atoms with Crippen molar-refractivity contribution in [1.29, 1.82) is 0 Å². The second kappa shape index (κ2) is 19.0. The average Bonchev–Trinajstić information content (AvgIpc) is 3.43. The second-order valence-corrected chi connectivity index (χ2v) is 17.7. The predicted octanol–water partition coefficient (Wildman–Crippen LogP) is 3.50. The summed E-state index contributed by atoms with van der Waals surface area (Å²) in [5, 5.41) is 25.8. The molecule has 1 heterocycles. The molecule has 2 fully saturated rings. The third kappa shape index (κ3) is 12.9. The number of benzene rings is 2. The van der Waals surface area contributed by atoms with Gasteiger partial charge < -0.3 is 26.4 Å². The van der Waals surface area contributed by atoms with Crippen LogP contribution in [0.15, 0.2) is 60.7 Å². The smallest absolute Gasteiger partial charge is 0.245 e. The molecule has 0 spiro atoms. The van der Waals surface area contributed by atoms with Crippen molar-refractivity contribution in [2.45, 2.75) is 127 Å². The number of carbonyl (C=O) groups excluding carboxylic acids is 4. The van der Waals surface area contributed by atoms with E-state index in [0.717, 1.165) is 24.0 Å². The molecule has 6 N–H and O–H groups in total. The number of thioether (sulfide) groups is 1. The number of carbonyl (C=O) groups is 4. The molecule has 0 aromatic heterocycles. The topological polar surface area (TPSA) is 152 Å². The van der Waals surface area contributed by atoms with Crippen LogP contribution in [0.4, 0.5) is 0 Å². The summed E-state index contributed by atoms with van der Waals surface area (Å²) in [5.41, 5.74) is 1.38. The maximum atomic E-state index is 13.7. The van der Waals surface area contributed by atoms with E-state index in [-0.39, 0.29) is 48.7 Å². The third-order valence-corrected chi connectivity index (χ3v) is 11.2. The highest BCUT2D eigenvalue weighted by Crippen LogP contribution is 2.39. The van der Waals surface area contributed by atoms with E-state index in [1.807, 2.05) is 107 Å². The fraction of sp³-hybridized carbons (Fsp3) is 0.600. The summed E-state index contributed by atoms with van der Waals surface area (Å²) in [7, 11) is 0. The zero-order chi connectivity index (χ0) is 37.9. The van der Waals surface area contributed by atoms with Gasteiger partial charge >= 0.3 is 0 Å². The van der Waals surface area contributed by atoms with Gasteiger partial charge in [-0.25, -0.2) is 0 Å². The summed E-state index contributed by atoms with van der Waals surface area (Å²) < 4.78 is -0.644. The molecule has 11 nitrogen and oxygen atoms in total.